The molecule has 0 saturated carbocycles. The Labute approximate surface area is 97.4 Å². The molecule has 0 aromatic rings. The van der Waals surface area contributed by atoms with Crippen molar-refractivity contribution in [2.24, 2.45) is 11.3 Å². The van der Waals surface area contributed by atoms with Gasteiger partial charge in [-0.05, 0) is 26.2 Å². The Morgan fingerprint density at radius 1 is 1.12 bits per heavy atom. The molecule has 1 atom stereocenters. The minimum atomic E-state index is -0.941. The smallest absolute Gasteiger partial charge is 0.304 e. The Morgan fingerprint density at radius 2 is 1.56 bits per heavy atom. The van der Waals surface area contributed by atoms with Gasteiger partial charge in [0.05, 0.1) is 12.3 Å². The molecule has 0 unspecified atom stereocenters. The SMILES string of the molecule is CC(C)(C)NC(=O)[C@H](CC(=O)O)C(C)(C)C. The predicted molar refractivity (Wildman–Crippen MR) is 63.1 cm³/mol. The summed E-state index contributed by atoms with van der Waals surface area (Å²) in [6.45, 7) is 11.3. The van der Waals surface area contributed by atoms with Crippen LogP contribution in [0.1, 0.15) is 48.0 Å². The molecular formula is C12H23NO3. The molecule has 0 fully saturated rings. The van der Waals surface area contributed by atoms with Crippen molar-refractivity contribution in [1.29, 1.82) is 0 Å². The van der Waals surface area contributed by atoms with Gasteiger partial charge in [0.1, 0.15) is 0 Å². The fraction of sp³-hybridized carbons (Fsp3) is 0.833. The molecule has 4 heteroatoms. The minimum Gasteiger partial charge on any atom is -0.481 e. The quantitative estimate of drug-likeness (QED) is 0.778. The number of carboxylic acids is 1. The van der Waals surface area contributed by atoms with Crippen molar-refractivity contribution in [3.8, 4) is 0 Å². The van der Waals surface area contributed by atoms with E-state index in [1.54, 1.807) is 0 Å². The Bertz CT molecular complexity index is 271. The summed E-state index contributed by atoms with van der Waals surface area (Å²) >= 11 is 0. The van der Waals surface area contributed by atoms with Gasteiger partial charge < -0.3 is 10.4 Å². The molecule has 0 aliphatic carbocycles. The maximum absolute atomic E-state index is 12.0. The average Bonchev–Trinajstić information content (AvgIpc) is 1.93. The molecule has 0 aliphatic heterocycles. The molecular weight excluding hydrogens is 206 g/mol. The van der Waals surface area contributed by atoms with Crippen LogP contribution < -0.4 is 5.32 Å². The fourth-order valence-electron chi connectivity index (χ4n) is 1.42. The zero-order valence-electron chi connectivity index (χ0n) is 11.0. The highest BCUT2D eigenvalue weighted by molar-refractivity contribution is 5.84. The number of nitrogens with one attached hydrogen (secondary N) is 1. The molecule has 0 spiro atoms. The van der Waals surface area contributed by atoms with Crippen molar-refractivity contribution >= 4 is 11.9 Å². The van der Waals surface area contributed by atoms with E-state index >= 15 is 0 Å². The van der Waals surface area contributed by atoms with Gasteiger partial charge in [0.25, 0.3) is 0 Å². The zero-order valence-corrected chi connectivity index (χ0v) is 11.0. The highest BCUT2D eigenvalue weighted by atomic mass is 16.4. The van der Waals surface area contributed by atoms with E-state index in [1.165, 1.54) is 0 Å². The minimum absolute atomic E-state index is 0.134. The van der Waals surface area contributed by atoms with Crippen LogP contribution in [0.4, 0.5) is 0 Å². The molecule has 0 aromatic carbocycles. The lowest BCUT2D eigenvalue weighted by Gasteiger charge is -2.31. The molecule has 94 valence electrons. The molecule has 1 amide bonds. The van der Waals surface area contributed by atoms with Crippen LogP contribution in [-0.4, -0.2) is 22.5 Å². The maximum Gasteiger partial charge on any atom is 0.304 e. The lowest BCUT2D eigenvalue weighted by Crippen LogP contribution is -2.47. The number of carbonyl (C=O) groups excluding carboxylic acids is 1. The number of aliphatic carboxylic acids is 1. The van der Waals surface area contributed by atoms with Crippen LogP contribution in [0.25, 0.3) is 0 Å². The predicted octanol–water partition coefficient (Wildman–Crippen LogP) is 2.04. The number of amides is 1. The molecule has 0 rings (SSSR count). The Balaban J connectivity index is 4.78. The summed E-state index contributed by atoms with van der Waals surface area (Å²) < 4.78 is 0. The zero-order chi connectivity index (χ0) is 13.1. The van der Waals surface area contributed by atoms with Gasteiger partial charge in [-0.3, -0.25) is 9.59 Å². The van der Waals surface area contributed by atoms with E-state index in [4.69, 9.17) is 5.11 Å². The van der Waals surface area contributed by atoms with Crippen molar-refractivity contribution in [3.05, 3.63) is 0 Å². The van der Waals surface area contributed by atoms with Gasteiger partial charge in [0.15, 0.2) is 0 Å². The lowest BCUT2D eigenvalue weighted by atomic mass is 9.78. The van der Waals surface area contributed by atoms with Crippen LogP contribution in [0.3, 0.4) is 0 Å². The summed E-state index contributed by atoms with van der Waals surface area (Å²) in [7, 11) is 0. The summed E-state index contributed by atoms with van der Waals surface area (Å²) in [5.74, 6) is -1.64. The van der Waals surface area contributed by atoms with Gasteiger partial charge in [-0.1, -0.05) is 20.8 Å². The lowest BCUT2D eigenvalue weighted by molar-refractivity contribution is -0.144. The van der Waals surface area contributed by atoms with Crippen LogP contribution in [0.15, 0.2) is 0 Å². The second-order valence-electron chi connectivity index (χ2n) is 6.26. The number of rotatable bonds is 3. The van der Waals surface area contributed by atoms with Crippen molar-refractivity contribution in [3.63, 3.8) is 0 Å². The van der Waals surface area contributed by atoms with E-state index in [0.717, 1.165) is 0 Å². The molecule has 0 bridgehead atoms. The normalized spacial score (nSPS) is 14.4. The Kier molecular flexibility index (Phi) is 4.53. The van der Waals surface area contributed by atoms with E-state index in [9.17, 15) is 9.59 Å². The summed E-state index contributed by atoms with van der Waals surface area (Å²) in [6, 6.07) is 0. The van der Waals surface area contributed by atoms with Gasteiger partial charge in [0, 0.05) is 5.54 Å². The molecule has 0 aromatic heterocycles. The fourth-order valence-corrected chi connectivity index (χ4v) is 1.42. The maximum atomic E-state index is 12.0. The molecule has 4 nitrogen and oxygen atoms in total. The van der Waals surface area contributed by atoms with Crippen LogP contribution >= 0.6 is 0 Å². The van der Waals surface area contributed by atoms with E-state index in [-0.39, 0.29) is 23.3 Å². The van der Waals surface area contributed by atoms with Crippen molar-refractivity contribution in [2.75, 3.05) is 0 Å². The van der Waals surface area contributed by atoms with Crippen LogP contribution in [0.5, 0.6) is 0 Å². The summed E-state index contributed by atoms with van der Waals surface area (Å²) in [6.07, 6.45) is -0.134. The van der Waals surface area contributed by atoms with Crippen molar-refractivity contribution in [2.45, 2.75) is 53.5 Å². The third kappa shape index (κ3) is 5.73. The van der Waals surface area contributed by atoms with Gasteiger partial charge in [-0.2, -0.15) is 0 Å². The number of carbonyl (C=O) groups is 2. The third-order valence-electron chi connectivity index (χ3n) is 2.24. The number of carboxylic acid groups (broad SMARTS) is 1. The highest BCUT2D eigenvalue weighted by Gasteiger charge is 2.34. The summed E-state index contributed by atoms with van der Waals surface area (Å²) in [5, 5.41) is 11.6. The first-order chi connectivity index (χ1) is 6.93. The first kappa shape index (κ1) is 14.9. The second kappa shape index (κ2) is 4.85. The van der Waals surface area contributed by atoms with E-state index in [1.807, 2.05) is 41.5 Å². The topological polar surface area (TPSA) is 66.4 Å². The van der Waals surface area contributed by atoms with E-state index in [2.05, 4.69) is 5.32 Å². The largest absolute Gasteiger partial charge is 0.481 e. The average molecular weight is 229 g/mol. The molecule has 0 radical (unpaired) electrons. The van der Waals surface area contributed by atoms with E-state index in [0.29, 0.717) is 0 Å². The molecule has 0 aliphatic rings. The molecule has 0 heterocycles. The van der Waals surface area contributed by atoms with Gasteiger partial charge >= 0.3 is 5.97 Å². The van der Waals surface area contributed by atoms with E-state index < -0.39 is 11.9 Å². The highest BCUT2D eigenvalue weighted by Crippen LogP contribution is 2.29. The third-order valence-corrected chi connectivity index (χ3v) is 2.24. The molecule has 2 N–H and O–H groups in total. The second-order valence-corrected chi connectivity index (χ2v) is 6.26. The van der Waals surface area contributed by atoms with Crippen molar-refractivity contribution < 1.29 is 14.7 Å². The number of hydrogen-bond donors (Lipinski definition) is 2. The van der Waals surface area contributed by atoms with Gasteiger partial charge in [0.2, 0.25) is 5.91 Å². The van der Waals surface area contributed by atoms with Crippen LogP contribution in [0.2, 0.25) is 0 Å². The number of hydrogen-bond acceptors (Lipinski definition) is 2. The monoisotopic (exact) mass is 229 g/mol. The standard InChI is InChI=1S/C12H23NO3/c1-11(2,3)8(7-9(14)15)10(16)13-12(4,5)6/h8H,7H2,1-6H3,(H,13,16)(H,14,15)/t8-/m0/s1. The van der Waals surface area contributed by atoms with Crippen molar-refractivity contribution in [1.82, 2.24) is 5.32 Å². The van der Waals surface area contributed by atoms with Gasteiger partial charge in [-0.25, -0.2) is 0 Å². The Hall–Kier alpha value is -1.06. The first-order valence-corrected chi connectivity index (χ1v) is 5.47. The summed E-state index contributed by atoms with van der Waals surface area (Å²) in [5.41, 5.74) is -0.688. The van der Waals surface area contributed by atoms with Gasteiger partial charge in [-0.15, -0.1) is 0 Å². The van der Waals surface area contributed by atoms with Crippen LogP contribution in [-0.2, 0) is 9.59 Å². The summed E-state index contributed by atoms with van der Waals surface area (Å²) in [4.78, 5) is 22.7. The van der Waals surface area contributed by atoms with Crippen LogP contribution in [0, 0.1) is 11.3 Å². The first-order valence-electron chi connectivity index (χ1n) is 5.47. The molecule has 16 heavy (non-hydrogen) atoms. The molecule has 0 saturated heterocycles. The Morgan fingerprint density at radius 3 is 1.81 bits per heavy atom.